The number of aromatic nitrogens is 2. The largest absolute Gasteiger partial charge is 0.493 e. The lowest BCUT2D eigenvalue weighted by Crippen LogP contribution is -2.38. The van der Waals surface area contributed by atoms with Crippen molar-refractivity contribution < 1.29 is 14.2 Å². The number of benzene rings is 1. The van der Waals surface area contributed by atoms with Gasteiger partial charge in [-0.1, -0.05) is 18.2 Å². The van der Waals surface area contributed by atoms with Crippen molar-refractivity contribution >= 4 is 11.7 Å². The summed E-state index contributed by atoms with van der Waals surface area (Å²) in [6.07, 6.45) is 2.18. The van der Waals surface area contributed by atoms with Gasteiger partial charge in [0.2, 0.25) is 5.88 Å². The molecule has 0 bridgehead atoms. The Morgan fingerprint density at radius 2 is 2.06 bits per heavy atom. The van der Waals surface area contributed by atoms with Gasteiger partial charge < -0.3 is 19.5 Å². The molecule has 0 spiro atoms. The van der Waals surface area contributed by atoms with Gasteiger partial charge in [0, 0.05) is 43.9 Å². The topological polar surface area (TPSA) is 121 Å². The molecule has 0 unspecified atom stereocenters. The van der Waals surface area contributed by atoms with Gasteiger partial charge in [-0.25, -0.2) is 0 Å². The van der Waals surface area contributed by atoms with E-state index in [0.717, 1.165) is 55.6 Å². The molecule has 1 fully saturated rings. The third kappa shape index (κ3) is 6.05. The van der Waals surface area contributed by atoms with E-state index < -0.39 is 0 Å². The van der Waals surface area contributed by atoms with Crippen molar-refractivity contribution in [1.82, 2.24) is 20.0 Å². The summed E-state index contributed by atoms with van der Waals surface area (Å²) in [5, 5.41) is 23.8. The van der Waals surface area contributed by atoms with Crippen molar-refractivity contribution in [2.24, 2.45) is 4.99 Å². The number of amidine groups is 1. The Morgan fingerprint density at radius 1 is 1.21 bits per heavy atom. The Bertz CT molecular complexity index is 1100. The second kappa shape index (κ2) is 10.9. The molecule has 3 heterocycles. The Morgan fingerprint density at radius 3 is 2.82 bits per heavy atom. The molecule has 1 aromatic heterocycles. The van der Waals surface area contributed by atoms with Gasteiger partial charge in [0.05, 0.1) is 20.3 Å². The lowest BCUT2D eigenvalue weighted by molar-refractivity contribution is 0.0273. The van der Waals surface area contributed by atoms with Crippen LogP contribution in [0.15, 0.2) is 53.3 Å². The van der Waals surface area contributed by atoms with Crippen molar-refractivity contribution in [3.05, 3.63) is 65.0 Å². The van der Waals surface area contributed by atoms with Crippen LogP contribution in [0.25, 0.3) is 0 Å². The molecule has 2 aliphatic rings. The summed E-state index contributed by atoms with van der Waals surface area (Å²) in [4.78, 5) is 6.96. The van der Waals surface area contributed by atoms with Gasteiger partial charge in [-0.15, -0.1) is 5.10 Å². The highest BCUT2D eigenvalue weighted by Crippen LogP contribution is 2.11. The first-order valence-electron chi connectivity index (χ1n) is 10.9. The van der Waals surface area contributed by atoms with E-state index in [4.69, 9.17) is 25.0 Å². The molecule has 0 aliphatic carbocycles. The zero-order valence-corrected chi connectivity index (χ0v) is 18.7. The SMILES string of the molecule is COc1ccc(=N)n(C(=N)Cc2cccc(C3=NCC(OCCN4CCOCC4)=CN3)c2)n1. The Labute approximate surface area is 192 Å². The molecule has 0 radical (unpaired) electrons. The number of hydrogen-bond acceptors (Lipinski definition) is 9. The fourth-order valence-corrected chi connectivity index (χ4v) is 3.61. The first-order valence-corrected chi connectivity index (χ1v) is 10.9. The minimum atomic E-state index is 0.126. The Hall–Kier alpha value is -3.50. The van der Waals surface area contributed by atoms with Crippen molar-refractivity contribution in [1.29, 1.82) is 10.8 Å². The molecule has 174 valence electrons. The maximum Gasteiger partial charge on any atom is 0.231 e. The summed E-state index contributed by atoms with van der Waals surface area (Å²) in [5.74, 6) is 2.12. The van der Waals surface area contributed by atoms with E-state index >= 15 is 0 Å². The molecule has 0 atom stereocenters. The molecule has 10 nitrogen and oxygen atoms in total. The first kappa shape index (κ1) is 22.7. The molecule has 0 saturated carbocycles. The van der Waals surface area contributed by atoms with Gasteiger partial charge in [0.1, 0.15) is 36.1 Å². The van der Waals surface area contributed by atoms with E-state index in [9.17, 15) is 0 Å². The molecule has 0 amide bonds. The number of morpholine rings is 1. The van der Waals surface area contributed by atoms with Crippen molar-refractivity contribution in [2.45, 2.75) is 6.42 Å². The summed E-state index contributed by atoms with van der Waals surface area (Å²) in [5.41, 5.74) is 1.98. The van der Waals surface area contributed by atoms with Crippen LogP contribution in [0, 0.1) is 10.8 Å². The summed E-state index contributed by atoms with van der Waals surface area (Å²) in [7, 11) is 1.51. The predicted octanol–water partition coefficient (Wildman–Crippen LogP) is 0.979. The van der Waals surface area contributed by atoms with Gasteiger partial charge >= 0.3 is 0 Å². The van der Waals surface area contributed by atoms with E-state index in [1.165, 1.54) is 11.8 Å². The van der Waals surface area contributed by atoms with Crippen LogP contribution in [0.5, 0.6) is 5.88 Å². The summed E-state index contributed by atoms with van der Waals surface area (Å²) in [6, 6.07) is 11.0. The molecule has 1 saturated heterocycles. The smallest absolute Gasteiger partial charge is 0.231 e. The maximum absolute atomic E-state index is 8.40. The highest BCUT2D eigenvalue weighted by molar-refractivity contribution is 6.00. The van der Waals surface area contributed by atoms with Crippen molar-refractivity contribution in [2.75, 3.05) is 53.1 Å². The third-order valence-corrected chi connectivity index (χ3v) is 5.41. The minimum Gasteiger partial charge on any atom is -0.493 e. The fraction of sp³-hybridized carbons (Fsp3) is 0.391. The third-order valence-electron chi connectivity index (χ3n) is 5.41. The van der Waals surface area contributed by atoms with Gasteiger partial charge in [0.15, 0.2) is 0 Å². The number of nitrogens with zero attached hydrogens (tertiary/aromatic N) is 4. The van der Waals surface area contributed by atoms with Crippen LogP contribution in [-0.4, -0.2) is 79.5 Å². The first-order chi connectivity index (χ1) is 16.1. The Balaban J connectivity index is 1.32. The average Bonchev–Trinajstić information content (AvgIpc) is 2.85. The van der Waals surface area contributed by atoms with E-state index in [1.807, 2.05) is 30.5 Å². The molecule has 33 heavy (non-hydrogen) atoms. The standard InChI is InChI=1S/C23H29N7O3/c1-31-22-6-5-20(24)30(28-22)21(25)14-17-3-2-4-18(13-17)23-26-15-19(16-27-23)33-12-9-29-7-10-32-11-8-29/h2-6,13,15,24-25H,7-12,14,16H2,1H3,(H,26,27). The van der Waals surface area contributed by atoms with Crippen LogP contribution >= 0.6 is 0 Å². The summed E-state index contributed by atoms with van der Waals surface area (Å²) < 4.78 is 17.6. The molecular weight excluding hydrogens is 422 g/mol. The Kier molecular flexibility index (Phi) is 7.48. The lowest BCUT2D eigenvalue weighted by Gasteiger charge is -2.26. The van der Waals surface area contributed by atoms with Crippen molar-refractivity contribution in [3.8, 4) is 5.88 Å². The van der Waals surface area contributed by atoms with E-state index in [2.05, 4.69) is 20.3 Å². The molecule has 2 aromatic rings. The quantitative estimate of drug-likeness (QED) is 0.406. The molecule has 2 aliphatic heterocycles. The lowest BCUT2D eigenvalue weighted by atomic mass is 10.1. The maximum atomic E-state index is 8.40. The number of hydrogen-bond donors (Lipinski definition) is 3. The monoisotopic (exact) mass is 451 g/mol. The summed E-state index contributed by atoms with van der Waals surface area (Å²) >= 11 is 0. The van der Waals surface area contributed by atoms with Gasteiger partial charge in [-0.05, 0) is 17.7 Å². The normalized spacial score (nSPS) is 16.4. The van der Waals surface area contributed by atoms with Crippen LogP contribution in [0.3, 0.4) is 0 Å². The van der Waals surface area contributed by atoms with Crippen LogP contribution in [0.4, 0.5) is 0 Å². The minimum absolute atomic E-state index is 0.126. The predicted molar refractivity (Wildman–Crippen MR) is 124 cm³/mol. The number of rotatable bonds is 8. The van der Waals surface area contributed by atoms with E-state index in [1.54, 1.807) is 12.1 Å². The average molecular weight is 452 g/mol. The number of aliphatic imine (C=N–C) groups is 1. The highest BCUT2D eigenvalue weighted by Gasteiger charge is 2.13. The van der Waals surface area contributed by atoms with Crippen LogP contribution < -0.4 is 15.5 Å². The van der Waals surface area contributed by atoms with Crippen molar-refractivity contribution in [3.63, 3.8) is 0 Å². The molecule has 10 heteroatoms. The second-order valence-electron chi connectivity index (χ2n) is 7.72. The van der Waals surface area contributed by atoms with Gasteiger partial charge in [0.25, 0.3) is 0 Å². The number of nitrogens with one attached hydrogen (secondary N) is 3. The van der Waals surface area contributed by atoms with Gasteiger partial charge in [-0.2, -0.15) is 4.68 Å². The van der Waals surface area contributed by atoms with E-state index in [-0.39, 0.29) is 11.3 Å². The highest BCUT2D eigenvalue weighted by atomic mass is 16.5. The molecular formula is C23H29N7O3. The second-order valence-corrected chi connectivity index (χ2v) is 7.72. The van der Waals surface area contributed by atoms with Gasteiger partial charge in [-0.3, -0.25) is 20.7 Å². The number of ether oxygens (including phenoxy) is 3. The molecule has 4 rings (SSSR count). The molecule has 1 aromatic carbocycles. The van der Waals surface area contributed by atoms with Crippen LogP contribution in [0.2, 0.25) is 0 Å². The fourth-order valence-electron chi connectivity index (χ4n) is 3.61. The van der Waals surface area contributed by atoms with Crippen LogP contribution in [0.1, 0.15) is 11.1 Å². The van der Waals surface area contributed by atoms with Crippen LogP contribution in [-0.2, 0) is 15.9 Å². The van der Waals surface area contributed by atoms with E-state index in [0.29, 0.717) is 25.5 Å². The summed E-state index contributed by atoms with van der Waals surface area (Å²) in [6.45, 7) is 5.47. The zero-order chi connectivity index (χ0) is 23.0. The number of methoxy groups -OCH3 is 1. The molecule has 3 N–H and O–H groups in total. The zero-order valence-electron chi connectivity index (χ0n) is 18.7.